The van der Waals surface area contributed by atoms with Crippen LogP contribution in [-0.2, 0) is 0 Å². The van der Waals surface area contributed by atoms with Gasteiger partial charge in [-0.05, 0) is 25.1 Å². The third-order valence-corrected chi connectivity index (χ3v) is 1.91. The average Bonchev–Trinajstić information content (AvgIpc) is 2.20. The minimum absolute atomic E-state index is 0.00739. The van der Waals surface area contributed by atoms with Gasteiger partial charge in [-0.25, -0.2) is 0 Å². The lowest BCUT2D eigenvalue weighted by atomic mass is 10.2. The van der Waals surface area contributed by atoms with Crippen molar-refractivity contribution in [1.29, 1.82) is 0 Å². The van der Waals surface area contributed by atoms with Gasteiger partial charge in [0, 0.05) is 18.3 Å². The molecule has 0 fully saturated rings. The van der Waals surface area contributed by atoms with Crippen molar-refractivity contribution >= 4 is 17.1 Å². The van der Waals surface area contributed by atoms with Gasteiger partial charge in [-0.1, -0.05) is 0 Å². The van der Waals surface area contributed by atoms with Crippen molar-refractivity contribution in [2.24, 2.45) is 5.73 Å². The molecule has 0 bridgehead atoms. The smallest absolute Gasteiger partial charge is 0.294 e. The van der Waals surface area contributed by atoms with Gasteiger partial charge >= 0.3 is 0 Å². The Morgan fingerprint density at radius 1 is 1.47 bits per heavy atom. The first-order valence-electron chi connectivity index (χ1n) is 4.63. The van der Waals surface area contributed by atoms with Crippen LogP contribution in [0.15, 0.2) is 18.2 Å². The first-order valence-corrected chi connectivity index (χ1v) is 4.63. The molecule has 82 valence electrons. The molecule has 0 aromatic heterocycles. The van der Waals surface area contributed by atoms with Crippen LogP contribution in [-0.4, -0.2) is 18.0 Å². The molecule has 15 heavy (non-hydrogen) atoms. The van der Waals surface area contributed by atoms with Crippen molar-refractivity contribution < 1.29 is 4.92 Å². The van der Waals surface area contributed by atoms with Crippen molar-refractivity contribution in [2.75, 3.05) is 24.1 Å². The maximum Gasteiger partial charge on any atom is 0.294 e. The molecule has 0 aliphatic heterocycles. The van der Waals surface area contributed by atoms with E-state index in [2.05, 4.69) is 5.32 Å². The van der Waals surface area contributed by atoms with Crippen LogP contribution < -0.4 is 16.8 Å². The van der Waals surface area contributed by atoms with E-state index in [0.29, 0.717) is 24.5 Å². The molecule has 0 amide bonds. The van der Waals surface area contributed by atoms with Gasteiger partial charge in [-0.2, -0.15) is 0 Å². The number of anilines is 2. The van der Waals surface area contributed by atoms with Crippen LogP contribution in [0.1, 0.15) is 6.42 Å². The third kappa shape index (κ3) is 3.10. The summed E-state index contributed by atoms with van der Waals surface area (Å²) in [7, 11) is 0. The molecule has 5 N–H and O–H groups in total. The van der Waals surface area contributed by atoms with Crippen LogP contribution >= 0.6 is 0 Å². The maximum atomic E-state index is 10.7. The molecular formula is C9H14N4O2. The van der Waals surface area contributed by atoms with E-state index in [1.165, 1.54) is 6.07 Å². The molecule has 0 spiro atoms. The minimum Gasteiger partial charge on any atom is -0.399 e. The second kappa shape index (κ2) is 5.16. The lowest BCUT2D eigenvalue weighted by Crippen LogP contribution is -2.09. The zero-order valence-electron chi connectivity index (χ0n) is 8.27. The Labute approximate surface area is 87.4 Å². The highest BCUT2D eigenvalue weighted by atomic mass is 16.6. The lowest BCUT2D eigenvalue weighted by Gasteiger charge is -2.06. The summed E-state index contributed by atoms with van der Waals surface area (Å²) in [5.74, 6) is 0. The summed E-state index contributed by atoms with van der Waals surface area (Å²) >= 11 is 0. The minimum atomic E-state index is -0.457. The standard InChI is InChI=1S/C9H14N4O2/c10-4-1-5-12-8-3-2-7(11)6-9(8)13(14)15/h2-3,6,12H,1,4-5,10-11H2. The van der Waals surface area contributed by atoms with Crippen LogP contribution in [0, 0.1) is 10.1 Å². The number of nitro groups is 1. The Bertz CT molecular complexity index is 354. The second-order valence-electron chi connectivity index (χ2n) is 3.10. The number of rotatable bonds is 5. The van der Waals surface area contributed by atoms with E-state index in [0.717, 1.165) is 6.42 Å². The van der Waals surface area contributed by atoms with E-state index >= 15 is 0 Å². The number of nitrogen functional groups attached to an aromatic ring is 1. The summed E-state index contributed by atoms with van der Waals surface area (Å²) in [6.45, 7) is 1.16. The fourth-order valence-electron chi connectivity index (χ4n) is 1.17. The van der Waals surface area contributed by atoms with Gasteiger partial charge in [0.15, 0.2) is 0 Å². The summed E-state index contributed by atoms with van der Waals surface area (Å²) in [5, 5.41) is 13.6. The molecule has 6 heteroatoms. The maximum absolute atomic E-state index is 10.7. The number of nitrogens with zero attached hydrogens (tertiary/aromatic N) is 1. The number of nitro benzene ring substituents is 1. The Balaban J connectivity index is 2.81. The van der Waals surface area contributed by atoms with E-state index < -0.39 is 4.92 Å². The monoisotopic (exact) mass is 210 g/mol. The van der Waals surface area contributed by atoms with Gasteiger partial charge in [0.2, 0.25) is 0 Å². The predicted octanol–water partition coefficient (Wildman–Crippen LogP) is 0.938. The van der Waals surface area contributed by atoms with Crippen LogP contribution in [0.4, 0.5) is 17.1 Å². The number of nitrogens with two attached hydrogens (primary N) is 2. The molecule has 1 aromatic carbocycles. The van der Waals surface area contributed by atoms with Gasteiger partial charge in [0.05, 0.1) is 4.92 Å². The first kappa shape index (κ1) is 11.3. The zero-order valence-corrected chi connectivity index (χ0v) is 8.27. The fourth-order valence-corrected chi connectivity index (χ4v) is 1.17. The van der Waals surface area contributed by atoms with E-state index in [-0.39, 0.29) is 5.69 Å². The van der Waals surface area contributed by atoms with E-state index in [1.807, 2.05) is 0 Å². The SMILES string of the molecule is NCCCNc1ccc(N)cc1[N+](=O)[O-]. The quantitative estimate of drug-likeness (QED) is 0.290. The topological polar surface area (TPSA) is 107 Å². The molecule has 0 saturated heterocycles. The Morgan fingerprint density at radius 2 is 2.20 bits per heavy atom. The van der Waals surface area contributed by atoms with Crippen LogP contribution in [0.5, 0.6) is 0 Å². The van der Waals surface area contributed by atoms with Crippen molar-refractivity contribution in [3.05, 3.63) is 28.3 Å². The van der Waals surface area contributed by atoms with Crippen LogP contribution in [0.3, 0.4) is 0 Å². The van der Waals surface area contributed by atoms with Crippen molar-refractivity contribution in [3.8, 4) is 0 Å². The Hall–Kier alpha value is -1.82. The number of hydrogen-bond donors (Lipinski definition) is 3. The molecule has 1 aromatic rings. The van der Waals surface area contributed by atoms with Crippen LogP contribution in [0.2, 0.25) is 0 Å². The molecule has 6 nitrogen and oxygen atoms in total. The molecule has 0 atom stereocenters. The Morgan fingerprint density at radius 3 is 2.80 bits per heavy atom. The van der Waals surface area contributed by atoms with Crippen molar-refractivity contribution in [2.45, 2.75) is 6.42 Å². The number of hydrogen-bond acceptors (Lipinski definition) is 5. The van der Waals surface area contributed by atoms with Gasteiger partial charge in [-0.3, -0.25) is 10.1 Å². The van der Waals surface area contributed by atoms with Crippen molar-refractivity contribution in [1.82, 2.24) is 0 Å². The average molecular weight is 210 g/mol. The zero-order chi connectivity index (χ0) is 11.3. The van der Waals surface area contributed by atoms with E-state index in [4.69, 9.17) is 11.5 Å². The highest BCUT2D eigenvalue weighted by molar-refractivity contribution is 5.66. The Kier molecular flexibility index (Phi) is 3.87. The summed E-state index contributed by atoms with van der Waals surface area (Å²) in [6.07, 6.45) is 0.765. The summed E-state index contributed by atoms with van der Waals surface area (Å²) in [4.78, 5) is 10.2. The molecule has 1 rings (SSSR count). The number of nitrogens with one attached hydrogen (secondary N) is 1. The summed E-state index contributed by atoms with van der Waals surface area (Å²) in [6, 6.07) is 4.56. The van der Waals surface area contributed by atoms with E-state index in [9.17, 15) is 10.1 Å². The fraction of sp³-hybridized carbons (Fsp3) is 0.333. The van der Waals surface area contributed by atoms with Gasteiger partial charge in [0.25, 0.3) is 5.69 Å². The third-order valence-electron chi connectivity index (χ3n) is 1.91. The van der Waals surface area contributed by atoms with Gasteiger partial charge < -0.3 is 16.8 Å². The summed E-state index contributed by atoms with van der Waals surface area (Å²) < 4.78 is 0. The highest BCUT2D eigenvalue weighted by Gasteiger charge is 2.12. The molecular weight excluding hydrogens is 196 g/mol. The molecule has 0 unspecified atom stereocenters. The van der Waals surface area contributed by atoms with Gasteiger partial charge in [0.1, 0.15) is 5.69 Å². The first-order chi connectivity index (χ1) is 7.15. The molecule has 0 radical (unpaired) electrons. The lowest BCUT2D eigenvalue weighted by molar-refractivity contribution is -0.383. The van der Waals surface area contributed by atoms with Crippen LogP contribution in [0.25, 0.3) is 0 Å². The summed E-state index contributed by atoms with van der Waals surface area (Å²) in [5.41, 5.74) is 11.6. The second-order valence-corrected chi connectivity index (χ2v) is 3.10. The van der Waals surface area contributed by atoms with Crippen molar-refractivity contribution in [3.63, 3.8) is 0 Å². The molecule has 0 aliphatic carbocycles. The largest absolute Gasteiger partial charge is 0.399 e. The molecule has 0 heterocycles. The molecule has 0 saturated carbocycles. The number of benzene rings is 1. The van der Waals surface area contributed by atoms with E-state index in [1.54, 1.807) is 12.1 Å². The molecule has 0 aliphatic rings. The highest BCUT2D eigenvalue weighted by Crippen LogP contribution is 2.26. The normalized spacial score (nSPS) is 9.93. The predicted molar refractivity (Wildman–Crippen MR) is 59.7 cm³/mol. The van der Waals surface area contributed by atoms with Gasteiger partial charge in [-0.15, -0.1) is 0 Å².